The lowest BCUT2D eigenvalue weighted by Crippen LogP contribution is -2.49. The number of aromatic amines is 1. The number of nitrogens with one attached hydrogen (secondary N) is 2. The SMILES string of the molecule is C[C@@H](COCCC(=O)N1CCN(c2ccc(C(F)(F)F)nc2)CC1)Nc1cn[nH]c(=O)c1C(F)(F)F. The quantitative estimate of drug-likeness (QED) is 0.406. The van der Waals surface area contributed by atoms with Gasteiger partial charge in [0.15, 0.2) is 0 Å². The molecule has 3 rings (SSSR count). The third kappa shape index (κ3) is 7.08. The fourth-order valence-corrected chi connectivity index (χ4v) is 3.63. The van der Waals surface area contributed by atoms with Gasteiger partial charge in [-0.2, -0.15) is 31.4 Å². The van der Waals surface area contributed by atoms with E-state index in [-0.39, 0.29) is 25.5 Å². The Hall–Kier alpha value is -3.36. The first kappa shape index (κ1) is 27.2. The van der Waals surface area contributed by atoms with E-state index in [0.29, 0.717) is 31.9 Å². The number of piperazine rings is 1. The summed E-state index contributed by atoms with van der Waals surface area (Å²) in [5, 5.41) is 7.67. The zero-order valence-electron chi connectivity index (χ0n) is 19.1. The molecule has 0 saturated carbocycles. The van der Waals surface area contributed by atoms with E-state index in [1.807, 2.05) is 4.90 Å². The third-order valence-electron chi connectivity index (χ3n) is 5.41. The molecule has 2 aromatic heterocycles. The molecule has 1 atom stereocenters. The van der Waals surface area contributed by atoms with Crippen LogP contribution in [0.25, 0.3) is 0 Å². The number of ether oxygens (including phenoxy) is 1. The van der Waals surface area contributed by atoms with Crippen LogP contribution in [-0.4, -0.2) is 71.4 Å². The highest BCUT2D eigenvalue weighted by molar-refractivity contribution is 5.76. The van der Waals surface area contributed by atoms with Crippen molar-refractivity contribution in [2.24, 2.45) is 0 Å². The molecule has 198 valence electrons. The van der Waals surface area contributed by atoms with Gasteiger partial charge in [-0.3, -0.25) is 9.59 Å². The van der Waals surface area contributed by atoms with Gasteiger partial charge in [0.05, 0.1) is 43.4 Å². The van der Waals surface area contributed by atoms with Gasteiger partial charge in [-0.15, -0.1) is 0 Å². The number of hydrogen-bond acceptors (Lipinski definition) is 7. The molecule has 0 aromatic carbocycles. The molecule has 0 unspecified atom stereocenters. The van der Waals surface area contributed by atoms with Crippen LogP contribution in [0.15, 0.2) is 29.3 Å². The van der Waals surface area contributed by atoms with Crippen LogP contribution in [0.3, 0.4) is 0 Å². The highest BCUT2D eigenvalue weighted by Crippen LogP contribution is 2.31. The number of carbonyl (C=O) groups is 1. The van der Waals surface area contributed by atoms with Crippen LogP contribution < -0.4 is 15.8 Å². The average molecular weight is 522 g/mol. The molecule has 2 aromatic rings. The fraction of sp³-hybridized carbons (Fsp3) is 0.524. The van der Waals surface area contributed by atoms with Crippen LogP contribution in [0.5, 0.6) is 0 Å². The van der Waals surface area contributed by atoms with E-state index in [0.717, 1.165) is 18.5 Å². The van der Waals surface area contributed by atoms with Gasteiger partial charge < -0.3 is 19.9 Å². The molecule has 36 heavy (non-hydrogen) atoms. The predicted molar refractivity (Wildman–Crippen MR) is 116 cm³/mol. The minimum Gasteiger partial charge on any atom is -0.379 e. The maximum Gasteiger partial charge on any atom is 0.433 e. The number of aromatic nitrogens is 3. The number of anilines is 2. The lowest BCUT2D eigenvalue weighted by atomic mass is 10.2. The van der Waals surface area contributed by atoms with Gasteiger partial charge in [0.1, 0.15) is 11.3 Å². The second-order valence-corrected chi connectivity index (χ2v) is 8.12. The largest absolute Gasteiger partial charge is 0.433 e. The average Bonchev–Trinajstić information content (AvgIpc) is 2.80. The first-order valence-electron chi connectivity index (χ1n) is 10.9. The summed E-state index contributed by atoms with van der Waals surface area (Å²) in [6, 6.07) is 1.65. The van der Waals surface area contributed by atoms with E-state index in [4.69, 9.17) is 4.74 Å². The molecule has 1 aliphatic rings. The van der Waals surface area contributed by atoms with Crippen LogP contribution in [-0.2, 0) is 21.9 Å². The van der Waals surface area contributed by atoms with Crippen LogP contribution in [0.4, 0.5) is 37.7 Å². The maximum absolute atomic E-state index is 13.1. The Labute approximate surface area is 201 Å². The molecule has 0 radical (unpaired) electrons. The fourth-order valence-electron chi connectivity index (χ4n) is 3.63. The smallest absolute Gasteiger partial charge is 0.379 e. The van der Waals surface area contributed by atoms with Crippen LogP contribution in [0.2, 0.25) is 0 Å². The molecule has 9 nitrogen and oxygen atoms in total. The van der Waals surface area contributed by atoms with Crippen molar-refractivity contribution >= 4 is 17.3 Å². The number of rotatable bonds is 8. The van der Waals surface area contributed by atoms with Gasteiger partial charge in [0, 0.05) is 32.2 Å². The number of amides is 1. The summed E-state index contributed by atoms with van der Waals surface area (Å²) < 4.78 is 82.7. The third-order valence-corrected chi connectivity index (χ3v) is 5.41. The van der Waals surface area contributed by atoms with E-state index >= 15 is 0 Å². The topological polar surface area (TPSA) is 103 Å². The Morgan fingerprint density at radius 1 is 1.11 bits per heavy atom. The lowest BCUT2D eigenvalue weighted by Gasteiger charge is -2.36. The van der Waals surface area contributed by atoms with E-state index in [9.17, 15) is 35.9 Å². The normalized spacial score (nSPS) is 15.6. The van der Waals surface area contributed by atoms with Gasteiger partial charge >= 0.3 is 12.4 Å². The van der Waals surface area contributed by atoms with Gasteiger partial charge in [-0.25, -0.2) is 10.1 Å². The molecule has 0 aliphatic carbocycles. The molecule has 0 bridgehead atoms. The molecule has 2 N–H and O–H groups in total. The number of pyridine rings is 1. The van der Waals surface area contributed by atoms with Crippen molar-refractivity contribution in [2.45, 2.75) is 31.7 Å². The molecule has 0 spiro atoms. The summed E-state index contributed by atoms with van der Waals surface area (Å²) in [5.41, 5.74) is -3.66. The Balaban J connectivity index is 1.40. The number of alkyl halides is 6. The molecular weight excluding hydrogens is 498 g/mol. The summed E-state index contributed by atoms with van der Waals surface area (Å²) in [5.74, 6) is -0.182. The van der Waals surface area contributed by atoms with Crippen molar-refractivity contribution in [1.29, 1.82) is 0 Å². The molecule has 1 saturated heterocycles. The Bertz CT molecular complexity index is 1080. The van der Waals surface area contributed by atoms with E-state index in [1.165, 1.54) is 6.07 Å². The highest BCUT2D eigenvalue weighted by atomic mass is 19.4. The Morgan fingerprint density at radius 2 is 1.81 bits per heavy atom. The van der Waals surface area contributed by atoms with E-state index in [1.54, 1.807) is 16.9 Å². The standard InChI is InChI=1S/C21H24F6N6O3/c1-13(30-15-11-29-31-19(35)18(15)21(25,26)27)12-36-9-4-17(34)33-7-5-32(6-8-33)14-2-3-16(28-10-14)20(22,23)24/h2-3,10-11,13H,4-9,12H2,1H3,(H2,30,31,35)/t13-/m0/s1. The van der Waals surface area contributed by atoms with Gasteiger partial charge in [0.2, 0.25) is 5.91 Å². The predicted octanol–water partition coefficient (Wildman–Crippen LogP) is 2.76. The van der Waals surface area contributed by atoms with Crippen LogP contribution >= 0.6 is 0 Å². The van der Waals surface area contributed by atoms with Crippen molar-refractivity contribution in [2.75, 3.05) is 49.6 Å². The highest BCUT2D eigenvalue weighted by Gasteiger charge is 2.37. The minimum atomic E-state index is -4.86. The van der Waals surface area contributed by atoms with Crippen molar-refractivity contribution in [3.63, 3.8) is 0 Å². The number of halogens is 6. The van der Waals surface area contributed by atoms with Crippen molar-refractivity contribution in [3.8, 4) is 0 Å². The summed E-state index contributed by atoms with van der Waals surface area (Å²) >= 11 is 0. The number of nitrogens with zero attached hydrogens (tertiary/aromatic N) is 4. The van der Waals surface area contributed by atoms with E-state index < -0.39 is 40.9 Å². The first-order valence-corrected chi connectivity index (χ1v) is 10.9. The first-order chi connectivity index (χ1) is 16.9. The van der Waals surface area contributed by atoms with Crippen molar-refractivity contribution < 1.29 is 35.9 Å². The van der Waals surface area contributed by atoms with Crippen molar-refractivity contribution in [3.05, 3.63) is 46.1 Å². The number of carbonyl (C=O) groups excluding carboxylic acids is 1. The zero-order valence-corrected chi connectivity index (χ0v) is 19.1. The van der Waals surface area contributed by atoms with Crippen LogP contribution in [0, 0.1) is 0 Å². The lowest BCUT2D eigenvalue weighted by molar-refractivity contribution is -0.141. The molecule has 15 heteroatoms. The monoisotopic (exact) mass is 522 g/mol. The number of H-pyrrole nitrogens is 1. The van der Waals surface area contributed by atoms with Gasteiger partial charge in [0.25, 0.3) is 5.56 Å². The Kier molecular flexibility index (Phi) is 8.43. The summed E-state index contributed by atoms with van der Waals surface area (Å²) in [4.78, 5) is 30.8. The zero-order chi connectivity index (χ0) is 26.5. The molecule has 1 aliphatic heterocycles. The summed E-state index contributed by atoms with van der Waals surface area (Å²) in [6.45, 7) is 3.15. The van der Waals surface area contributed by atoms with Gasteiger partial charge in [-0.1, -0.05) is 0 Å². The van der Waals surface area contributed by atoms with Crippen LogP contribution in [0.1, 0.15) is 24.6 Å². The minimum absolute atomic E-state index is 0.0218. The molecule has 3 heterocycles. The Morgan fingerprint density at radius 3 is 2.39 bits per heavy atom. The second kappa shape index (κ2) is 11.1. The second-order valence-electron chi connectivity index (χ2n) is 8.12. The summed E-state index contributed by atoms with van der Waals surface area (Å²) in [6.07, 6.45) is -7.30. The molecule has 1 amide bonds. The maximum atomic E-state index is 13.1. The number of hydrogen-bond donors (Lipinski definition) is 2. The van der Waals surface area contributed by atoms with Crippen molar-refractivity contribution in [1.82, 2.24) is 20.1 Å². The van der Waals surface area contributed by atoms with E-state index in [2.05, 4.69) is 15.4 Å². The molecular formula is C21H24F6N6O3. The summed E-state index contributed by atoms with van der Waals surface area (Å²) in [7, 11) is 0. The molecule has 1 fully saturated rings. The van der Waals surface area contributed by atoms with Gasteiger partial charge in [-0.05, 0) is 19.1 Å².